The first kappa shape index (κ1) is 10.9. The molecule has 4 heterocycles. The number of aromatic nitrogens is 3. The van der Waals surface area contributed by atoms with Crippen molar-refractivity contribution in [3.05, 3.63) is 54.9 Å². The van der Waals surface area contributed by atoms with E-state index in [2.05, 4.69) is 62.9 Å². The number of nitrogens with zero attached hydrogens (tertiary/aromatic N) is 3. The van der Waals surface area contributed by atoms with Gasteiger partial charge in [0.2, 0.25) is 0 Å². The van der Waals surface area contributed by atoms with Gasteiger partial charge in [-0.3, -0.25) is 0 Å². The van der Waals surface area contributed by atoms with E-state index < -0.39 is 0 Å². The van der Waals surface area contributed by atoms with E-state index in [9.17, 15) is 0 Å². The number of pyridine rings is 1. The standard InChI is InChI=1S/C18H9N3S/c1-3-7-12-10(5-1)15-14-16-17(22-18(14)20-9-19-15)11-6-2-4-8-13(11)21(12)16/h1-9H. The molecule has 102 valence electrons. The molecule has 0 bridgehead atoms. The number of rotatable bonds is 0. The second-order valence-corrected chi connectivity index (χ2v) is 6.55. The van der Waals surface area contributed by atoms with Crippen LogP contribution in [0.3, 0.4) is 0 Å². The SMILES string of the molecule is c1ccc2c(c1)c1ncnc3sc4c5ccccc5n2c4c31. The minimum Gasteiger partial charge on any atom is -0.307 e. The summed E-state index contributed by atoms with van der Waals surface area (Å²) < 4.78 is 3.68. The van der Waals surface area contributed by atoms with E-state index in [0.29, 0.717) is 0 Å². The van der Waals surface area contributed by atoms with Gasteiger partial charge in [-0.25, -0.2) is 9.97 Å². The summed E-state index contributed by atoms with van der Waals surface area (Å²) in [5.74, 6) is 0. The van der Waals surface area contributed by atoms with Crippen molar-refractivity contribution in [3.63, 3.8) is 0 Å². The molecule has 0 fully saturated rings. The quantitative estimate of drug-likeness (QED) is 0.376. The lowest BCUT2D eigenvalue weighted by atomic mass is 10.1. The fourth-order valence-electron chi connectivity index (χ4n) is 3.62. The number of thiophene rings is 1. The highest BCUT2D eigenvalue weighted by Crippen LogP contribution is 2.44. The van der Waals surface area contributed by atoms with Gasteiger partial charge in [0.05, 0.1) is 32.2 Å². The van der Waals surface area contributed by atoms with Crippen LogP contribution in [0.5, 0.6) is 0 Å². The zero-order valence-corrected chi connectivity index (χ0v) is 12.3. The van der Waals surface area contributed by atoms with Crippen LogP contribution in [0, 0.1) is 0 Å². The molecular weight excluding hydrogens is 290 g/mol. The van der Waals surface area contributed by atoms with Crippen LogP contribution < -0.4 is 0 Å². The molecule has 2 aromatic carbocycles. The molecule has 0 amide bonds. The normalized spacial score (nSPS) is 12.5. The van der Waals surface area contributed by atoms with Crippen molar-refractivity contribution in [2.75, 3.05) is 0 Å². The van der Waals surface area contributed by atoms with Crippen LogP contribution in [0.2, 0.25) is 0 Å². The summed E-state index contributed by atoms with van der Waals surface area (Å²) in [5, 5.41) is 3.67. The molecule has 22 heavy (non-hydrogen) atoms. The van der Waals surface area contributed by atoms with Crippen LogP contribution in [0.15, 0.2) is 54.9 Å². The average Bonchev–Trinajstić information content (AvgIpc) is 3.10. The summed E-state index contributed by atoms with van der Waals surface area (Å²) in [5.41, 5.74) is 4.78. The van der Waals surface area contributed by atoms with Gasteiger partial charge in [-0.2, -0.15) is 0 Å². The third-order valence-electron chi connectivity index (χ3n) is 4.48. The number of hydrogen-bond donors (Lipinski definition) is 0. The molecule has 6 aromatic rings. The molecule has 0 saturated heterocycles. The molecule has 0 saturated carbocycles. The lowest BCUT2D eigenvalue weighted by Gasteiger charge is -2.07. The highest BCUT2D eigenvalue weighted by molar-refractivity contribution is 7.26. The number of hydrogen-bond acceptors (Lipinski definition) is 3. The lowest BCUT2D eigenvalue weighted by molar-refractivity contribution is 1.27. The predicted octanol–water partition coefficient (Wildman–Crippen LogP) is 4.84. The maximum Gasteiger partial charge on any atom is 0.130 e. The Hall–Kier alpha value is -2.72. The third kappa shape index (κ3) is 1.07. The fraction of sp³-hybridized carbons (Fsp3) is 0. The van der Waals surface area contributed by atoms with E-state index in [-0.39, 0.29) is 0 Å². The van der Waals surface area contributed by atoms with Crippen molar-refractivity contribution in [1.82, 2.24) is 14.4 Å². The summed E-state index contributed by atoms with van der Waals surface area (Å²) >= 11 is 1.76. The molecular formula is C18H9N3S. The van der Waals surface area contributed by atoms with Crippen molar-refractivity contribution in [2.24, 2.45) is 0 Å². The Morgan fingerprint density at radius 1 is 0.818 bits per heavy atom. The van der Waals surface area contributed by atoms with Crippen LogP contribution in [0.4, 0.5) is 0 Å². The van der Waals surface area contributed by atoms with E-state index >= 15 is 0 Å². The van der Waals surface area contributed by atoms with E-state index in [1.165, 1.54) is 37.4 Å². The number of para-hydroxylation sites is 2. The van der Waals surface area contributed by atoms with Crippen molar-refractivity contribution in [3.8, 4) is 0 Å². The topological polar surface area (TPSA) is 30.2 Å². The highest BCUT2D eigenvalue weighted by atomic mass is 32.1. The summed E-state index contributed by atoms with van der Waals surface area (Å²) in [6.45, 7) is 0. The van der Waals surface area contributed by atoms with Gasteiger partial charge in [0.25, 0.3) is 0 Å². The zero-order chi connectivity index (χ0) is 14.3. The van der Waals surface area contributed by atoms with Gasteiger partial charge >= 0.3 is 0 Å². The van der Waals surface area contributed by atoms with Gasteiger partial charge in [0.15, 0.2) is 0 Å². The highest BCUT2D eigenvalue weighted by Gasteiger charge is 2.21. The largest absolute Gasteiger partial charge is 0.307 e. The summed E-state index contributed by atoms with van der Waals surface area (Å²) in [6, 6.07) is 17.1. The van der Waals surface area contributed by atoms with E-state index in [4.69, 9.17) is 0 Å². The Balaban J connectivity index is 2.18. The maximum absolute atomic E-state index is 4.59. The molecule has 0 aliphatic carbocycles. The lowest BCUT2D eigenvalue weighted by Crippen LogP contribution is -1.92. The van der Waals surface area contributed by atoms with Gasteiger partial charge < -0.3 is 4.40 Å². The van der Waals surface area contributed by atoms with Gasteiger partial charge in [-0.05, 0) is 12.1 Å². The molecule has 0 aliphatic rings. The zero-order valence-electron chi connectivity index (χ0n) is 11.4. The van der Waals surface area contributed by atoms with Crippen LogP contribution in [0.25, 0.3) is 47.8 Å². The monoisotopic (exact) mass is 299 g/mol. The Bertz CT molecular complexity index is 1330. The minimum absolute atomic E-state index is 1.06. The first-order valence-corrected chi connectivity index (χ1v) is 8.01. The van der Waals surface area contributed by atoms with Gasteiger partial charge in [-0.15, -0.1) is 11.3 Å². The van der Waals surface area contributed by atoms with Crippen LogP contribution >= 0.6 is 11.3 Å². The summed E-state index contributed by atoms with van der Waals surface area (Å²) in [4.78, 5) is 10.2. The van der Waals surface area contributed by atoms with Crippen molar-refractivity contribution >= 4 is 59.1 Å². The molecule has 0 N–H and O–H groups in total. The molecule has 0 unspecified atom stereocenters. The Kier molecular flexibility index (Phi) is 1.76. The summed E-state index contributed by atoms with van der Waals surface area (Å²) in [6.07, 6.45) is 1.68. The van der Waals surface area contributed by atoms with Crippen LogP contribution in [0.1, 0.15) is 0 Å². The van der Waals surface area contributed by atoms with Crippen LogP contribution in [-0.4, -0.2) is 14.4 Å². The smallest absolute Gasteiger partial charge is 0.130 e. The molecule has 4 heteroatoms. The molecule has 0 aliphatic heterocycles. The first-order valence-electron chi connectivity index (χ1n) is 7.20. The Labute approximate surface area is 128 Å². The van der Waals surface area contributed by atoms with Gasteiger partial charge in [-0.1, -0.05) is 36.4 Å². The first-order chi connectivity index (χ1) is 10.9. The Morgan fingerprint density at radius 2 is 1.55 bits per heavy atom. The predicted molar refractivity (Wildman–Crippen MR) is 92.1 cm³/mol. The average molecular weight is 299 g/mol. The second kappa shape index (κ2) is 3.54. The second-order valence-electron chi connectivity index (χ2n) is 5.55. The number of benzene rings is 2. The molecule has 0 radical (unpaired) electrons. The fourth-order valence-corrected chi connectivity index (χ4v) is 4.78. The van der Waals surface area contributed by atoms with Gasteiger partial charge in [0.1, 0.15) is 11.2 Å². The number of fused-ring (bicyclic) bond motifs is 6. The molecule has 6 rings (SSSR count). The van der Waals surface area contributed by atoms with Crippen molar-refractivity contribution < 1.29 is 0 Å². The molecule has 3 nitrogen and oxygen atoms in total. The van der Waals surface area contributed by atoms with E-state index in [0.717, 1.165) is 10.3 Å². The molecule has 0 atom stereocenters. The summed E-state index contributed by atoms with van der Waals surface area (Å²) in [7, 11) is 0. The van der Waals surface area contributed by atoms with E-state index in [1.54, 1.807) is 17.7 Å². The molecule has 0 spiro atoms. The van der Waals surface area contributed by atoms with Crippen LogP contribution in [-0.2, 0) is 0 Å². The van der Waals surface area contributed by atoms with Crippen molar-refractivity contribution in [2.45, 2.75) is 0 Å². The molecule has 4 aromatic heterocycles. The minimum atomic E-state index is 1.06. The Morgan fingerprint density at radius 3 is 2.41 bits per heavy atom. The third-order valence-corrected chi connectivity index (χ3v) is 5.60. The van der Waals surface area contributed by atoms with Gasteiger partial charge in [0, 0.05) is 10.8 Å². The maximum atomic E-state index is 4.59. The van der Waals surface area contributed by atoms with E-state index in [1.807, 2.05) is 0 Å². The van der Waals surface area contributed by atoms with Crippen molar-refractivity contribution in [1.29, 1.82) is 0 Å².